The highest BCUT2D eigenvalue weighted by Crippen LogP contribution is 2.36. The molecule has 0 aromatic heterocycles. The first-order valence-corrected chi connectivity index (χ1v) is 12.4. The van der Waals surface area contributed by atoms with E-state index in [4.69, 9.17) is 27.9 Å². The third kappa shape index (κ3) is 6.32. The van der Waals surface area contributed by atoms with Gasteiger partial charge in [0.1, 0.15) is 0 Å². The van der Waals surface area contributed by atoms with Crippen LogP contribution in [0.2, 0.25) is 10.0 Å². The fourth-order valence-corrected chi connectivity index (χ4v) is 4.66. The molecule has 2 aliphatic heterocycles. The van der Waals surface area contributed by atoms with Gasteiger partial charge in [-0.05, 0) is 37.2 Å². The Morgan fingerprint density at radius 2 is 1.83 bits per heavy atom. The molecule has 2 N–H and O–H groups in total. The molecule has 8 nitrogen and oxygen atoms in total. The first-order valence-electron chi connectivity index (χ1n) is 11.7. The van der Waals surface area contributed by atoms with Crippen LogP contribution in [0.1, 0.15) is 23.2 Å². The van der Waals surface area contributed by atoms with E-state index in [9.17, 15) is 14.4 Å². The van der Waals surface area contributed by atoms with Gasteiger partial charge in [-0.3, -0.25) is 19.3 Å². The van der Waals surface area contributed by atoms with Crippen LogP contribution in [0, 0.1) is 5.92 Å². The lowest BCUT2D eigenvalue weighted by Crippen LogP contribution is -2.38. The Morgan fingerprint density at radius 3 is 2.63 bits per heavy atom. The second kappa shape index (κ2) is 11.9. The molecule has 2 saturated heterocycles. The Bertz CT molecular complexity index is 1090. The molecule has 1 atom stereocenters. The van der Waals surface area contributed by atoms with Crippen LogP contribution in [-0.4, -0.2) is 68.6 Å². The van der Waals surface area contributed by atoms with E-state index in [0.717, 1.165) is 39.3 Å². The summed E-state index contributed by atoms with van der Waals surface area (Å²) in [7, 11) is 0. The van der Waals surface area contributed by atoms with E-state index in [1.807, 2.05) is 0 Å². The molecular formula is C25H28Cl2N4O4. The summed E-state index contributed by atoms with van der Waals surface area (Å²) in [6.45, 7) is 4.92. The van der Waals surface area contributed by atoms with Crippen molar-refractivity contribution in [3.8, 4) is 0 Å². The van der Waals surface area contributed by atoms with Gasteiger partial charge in [-0.2, -0.15) is 0 Å². The van der Waals surface area contributed by atoms with E-state index >= 15 is 0 Å². The standard InChI is InChI=1S/C25H28Cl2N4O4/c26-19-6-3-8-21(23(19)27)31-16-17(15-22(31)32)24(33)29-20-7-2-1-5-18(20)25(34)28-9-4-10-30-11-13-35-14-12-30/h1-3,5-8,17H,4,9-16H2,(H,28,34)(H,29,33)/t17-/m1/s1. The molecule has 2 aliphatic rings. The molecule has 0 unspecified atom stereocenters. The summed E-state index contributed by atoms with van der Waals surface area (Å²) in [5.74, 6) is -1.37. The Kier molecular flexibility index (Phi) is 8.62. The number of nitrogens with one attached hydrogen (secondary N) is 2. The van der Waals surface area contributed by atoms with Crippen LogP contribution in [0.3, 0.4) is 0 Å². The lowest BCUT2D eigenvalue weighted by Gasteiger charge is -2.26. The summed E-state index contributed by atoms with van der Waals surface area (Å²) in [5.41, 5.74) is 1.28. The van der Waals surface area contributed by atoms with Gasteiger partial charge in [0, 0.05) is 32.6 Å². The highest BCUT2D eigenvalue weighted by Gasteiger charge is 2.36. The van der Waals surface area contributed by atoms with Gasteiger partial charge in [0.15, 0.2) is 0 Å². The SMILES string of the molecule is O=C(NCCCN1CCOCC1)c1ccccc1NC(=O)[C@@H]1CC(=O)N(c2cccc(Cl)c2Cl)C1. The fraction of sp³-hybridized carbons (Fsp3) is 0.400. The first-order chi connectivity index (χ1) is 16.9. The molecule has 0 saturated carbocycles. The van der Waals surface area contributed by atoms with Gasteiger partial charge in [-0.1, -0.05) is 41.4 Å². The van der Waals surface area contributed by atoms with Gasteiger partial charge >= 0.3 is 0 Å². The molecule has 0 radical (unpaired) electrons. The van der Waals surface area contributed by atoms with E-state index in [1.54, 1.807) is 42.5 Å². The summed E-state index contributed by atoms with van der Waals surface area (Å²) >= 11 is 12.4. The number of para-hydroxylation sites is 1. The molecule has 2 heterocycles. The highest BCUT2D eigenvalue weighted by atomic mass is 35.5. The number of amides is 3. The number of morpholine rings is 1. The number of ether oxygens (including phenoxy) is 1. The molecular weight excluding hydrogens is 491 g/mol. The van der Waals surface area contributed by atoms with Crippen LogP contribution in [0.5, 0.6) is 0 Å². The number of halogens is 2. The summed E-state index contributed by atoms with van der Waals surface area (Å²) in [6.07, 6.45) is 0.872. The minimum absolute atomic E-state index is 0.0462. The fourth-order valence-electron chi connectivity index (χ4n) is 4.27. The van der Waals surface area contributed by atoms with Crippen molar-refractivity contribution in [2.75, 3.05) is 56.2 Å². The Hall–Kier alpha value is -2.65. The molecule has 2 aromatic carbocycles. The van der Waals surface area contributed by atoms with Gasteiger partial charge in [0.05, 0.1) is 46.1 Å². The lowest BCUT2D eigenvalue weighted by molar-refractivity contribution is -0.122. The van der Waals surface area contributed by atoms with Crippen molar-refractivity contribution in [2.45, 2.75) is 12.8 Å². The van der Waals surface area contributed by atoms with Crippen LogP contribution >= 0.6 is 23.2 Å². The maximum absolute atomic E-state index is 13.0. The number of hydrogen-bond donors (Lipinski definition) is 2. The summed E-state index contributed by atoms with van der Waals surface area (Å²) in [6, 6.07) is 11.9. The van der Waals surface area contributed by atoms with Crippen molar-refractivity contribution in [2.24, 2.45) is 5.92 Å². The van der Waals surface area contributed by atoms with Gasteiger partial charge in [-0.15, -0.1) is 0 Å². The van der Waals surface area contributed by atoms with Crippen LogP contribution in [0.4, 0.5) is 11.4 Å². The zero-order valence-corrected chi connectivity index (χ0v) is 20.8. The minimum atomic E-state index is -0.581. The quantitative estimate of drug-likeness (QED) is 0.522. The second-order valence-electron chi connectivity index (χ2n) is 8.58. The third-order valence-electron chi connectivity index (χ3n) is 6.19. The molecule has 0 aliphatic carbocycles. The molecule has 4 rings (SSSR count). The number of carbonyl (C=O) groups excluding carboxylic acids is 3. The summed E-state index contributed by atoms with van der Waals surface area (Å²) < 4.78 is 5.35. The van der Waals surface area contributed by atoms with Crippen LogP contribution in [-0.2, 0) is 14.3 Å². The molecule has 2 aromatic rings. The highest BCUT2D eigenvalue weighted by molar-refractivity contribution is 6.44. The molecule has 35 heavy (non-hydrogen) atoms. The third-order valence-corrected chi connectivity index (χ3v) is 7.00. The molecule has 3 amide bonds. The predicted octanol–water partition coefficient (Wildman–Crippen LogP) is 3.44. The van der Waals surface area contributed by atoms with E-state index in [0.29, 0.717) is 28.5 Å². The first kappa shape index (κ1) is 25.4. The number of hydrogen-bond acceptors (Lipinski definition) is 5. The van der Waals surface area contributed by atoms with Crippen molar-refractivity contribution in [1.82, 2.24) is 10.2 Å². The molecule has 186 valence electrons. The monoisotopic (exact) mass is 518 g/mol. The van der Waals surface area contributed by atoms with E-state index in [2.05, 4.69) is 15.5 Å². The van der Waals surface area contributed by atoms with Crippen LogP contribution in [0.25, 0.3) is 0 Å². The lowest BCUT2D eigenvalue weighted by atomic mass is 10.1. The largest absolute Gasteiger partial charge is 0.379 e. The normalized spacial score (nSPS) is 18.5. The zero-order chi connectivity index (χ0) is 24.8. The van der Waals surface area contributed by atoms with Gasteiger partial charge in [0.2, 0.25) is 11.8 Å². The predicted molar refractivity (Wildman–Crippen MR) is 136 cm³/mol. The number of rotatable bonds is 8. The van der Waals surface area contributed by atoms with Crippen molar-refractivity contribution in [1.29, 1.82) is 0 Å². The average molecular weight is 519 g/mol. The summed E-state index contributed by atoms with van der Waals surface area (Å²) in [4.78, 5) is 42.2. The second-order valence-corrected chi connectivity index (χ2v) is 9.36. The van der Waals surface area contributed by atoms with Gasteiger partial charge in [-0.25, -0.2) is 0 Å². The van der Waals surface area contributed by atoms with Crippen LogP contribution in [0.15, 0.2) is 42.5 Å². The number of nitrogens with zero attached hydrogens (tertiary/aromatic N) is 2. The van der Waals surface area contributed by atoms with Crippen molar-refractivity contribution < 1.29 is 19.1 Å². The van der Waals surface area contributed by atoms with Crippen molar-refractivity contribution in [3.05, 3.63) is 58.1 Å². The number of carbonyl (C=O) groups is 3. The Balaban J connectivity index is 1.33. The van der Waals surface area contributed by atoms with Gasteiger partial charge < -0.3 is 20.3 Å². The zero-order valence-electron chi connectivity index (χ0n) is 19.3. The molecule has 10 heteroatoms. The van der Waals surface area contributed by atoms with E-state index in [-0.39, 0.29) is 35.7 Å². The number of anilines is 2. The van der Waals surface area contributed by atoms with E-state index < -0.39 is 5.92 Å². The molecule has 0 bridgehead atoms. The van der Waals surface area contributed by atoms with Gasteiger partial charge in [0.25, 0.3) is 5.91 Å². The number of benzene rings is 2. The molecule has 0 spiro atoms. The van der Waals surface area contributed by atoms with E-state index in [1.165, 1.54) is 4.90 Å². The summed E-state index contributed by atoms with van der Waals surface area (Å²) in [5, 5.41) is 6.38. The smallest absolute Gasteiger partial charge is 0.253 e. The minimum Gasteiger partial charge on any atom is -0.379 e. The average Bonchev–Trinajstić information content (AvgIpc) is 3.26. The van der Waals surface area contributed by atoms with Crippen molar-refractivity contribution in [3.63, 3.8) is 0 Å². The molecule has 2 fully saturated rings. The Labute approximate surface area is 214 Å². The maximum Gasteiger partial charge on any atom is 0.253 e. The maximum atomic E-state index is 13.0. The topological polar surface area (TPSA) is 91.0 Å². The van der Waals surface area contributed by atoms with Crippen LogP contribution < -0.4 is 15.5 Å². The Morgan fingerprint density at radius 1 is 1.06 bits per heavy atom. The van der Waals surface area contributed by atoms with Crippen molar-refractivity contribution >= 4 is 52.3 Å².